The van der Waals surface area contributed by atoms with Crippen molar-refractivity contribution in [1.82, 2.24) is 19.6 Å². The van der Waals surface area contributed by atoms with Crippen molar-refractivity contribution in [2.45, 2.75) is 33.2 Å². The van der Waals surface area contributed by atoms with Gasteiger partial charge >= 0.3 is 0 Å². The Hall–Kier alpha value is -2.43. The number of anilines is 1. The Kier molecular flexibility index (Phi) is 3.81. The van der Waals surface area contributed by atoms with Crippen molar-refractivity contribution in [3.63, 3.8) is 0 Å². The van der Waals surface area contributed by atoms with Crippen LogP contribution in [0.25, 0.3) is 5.78 Å². The number of nitrogens with zero attached hydrogens (tertiary/aromatic N) is 4. The van der Waals surface area contributed by atoms with Crippen LogP contribution in [-0.2, 0) is 13.0 Å². The summed E-state index contributed by atoms with van der Waals surface area (Å²) in [5, 5.41) is 7.80. The molecule has 2 heterocycles. The van der Waals surface area contributed by atoms with Gasteiger partial charge in [0, 0.05) is 17.8 Å². The van der Waals surface area contributed by atoms with Crippen molar-refractivity contribution in [3.8, 4) is 0 Å². The van der Waals surface area contributed by atoms with Gasteiger partial charge in [0.15, 0.2) is 0 Å². The first-order valence-corrected chi connectivity index (χ1v) is 7.26. The molecule has 108 valence electrons. The number of hydrogen-bond donors (Lipinski definition) is 1. The third-order valence-electron chi connectivity index (χ3n) is 3.53. The lowest BCUT2D eigenvalue weighted by molar-refractivity contribution is 0.844. The van der Waals surface area contributed by atoms with Gasteiger partial charge in [0.2, 0.25) is 0 Å². The molecular weight excluding hydrogens is 262 g/mol. The zero-order chi connectivity index (χ0) is 14.7. The standard InChI is InChI=1S/C16H19N5/c1-3-7-14-12(2)20-16-18-11-19-21(16)15(14)17-10-13-8-5-4-6-9-13/h4-6,8-9,11,17H,3,7,10H2,1-2H3. The van der Waals surface area contributed by atoms with Gasteiger partial charge in [-0.05, 0) is 18.9 Å². The molecule has 0 fully saturated rings. The van der Waals surface area contributed by atoms with Gasteiger partial charge < -0.3 is 5.32 Å². The average Bonchev–Trinajstić information content (AvgIpc) is 2.96. The fourth-order valence-electron chi connectivity index (χ4n) is 2.50. The van der Waals surface area contributed by atoms with Crippen LogP contribution >= 0.6 is 0 Å². The number of fused-ring (bicyclic) bond motifs is 1. The van der Waals surface area contributed by atoms with Gasteiger partial charge in [0.05, 0.1) is 0 Å². The second-order valence-corrected chi connectivity index (χ2v) is 5.09. The number of rotatable bonds is 5. The van der Waals surface area contributed by atoms with Crippen molar-refractivity contribution >= 4 is 11.6 Å². The number of aryl methyl sites for hydroxylation is 1. The molecular formula is C16H19N5. The highest BCUT2D eigenvalue weighted by molar-refractivity contribution is 5.52. The van der Waals surface area contributed by atoms with Gasteiger partial charge in [-0.1, -0.05) is 43.7 Å². The van der Waals surface area contributed by atoms with Gasteiger partial charge in [0.25, 0.3) is 5.78 Å². The molecule has 0 bridgehead atoms. The minimum atomic E-state index is 0.642. The molecule has 0 spiro atoms. The fourth-order valence-corrected chi connectivity index (χ4v) is 2.50. The quantitative estimate of drug-likeness (QED) is 0.781. The Morgan fingerprint density at radius 2 is 2.00 bits per heavy atom. The first-order chi connectivity index (χ1) is 10.3. The molecule has 0 aliphatic carbocycles. The zero-order valence-electron chi connectivity index (χ0n) is 12.4. The van der Waals surface area contributed by atoms with E-state index in [1.807, 2.05) is 25.1 Å². The van der Waals surface area contributed by atoms with Crippen LogP contribution in [-0.4, -0.2) is 19.6 Å². The van der Waals surface area contributed by atoms with E-state index < -0.39 is 0 Å². The van der Waals surface area contributed by atoms with Crippen LogP contribution in [0, 0.1) is 6.92 Å². The van der Waals surface area contributed by atoms with E-state index in [1.165, 1.54) is 11.1 Å². The molecule has 0 saturated carbocycles. The molecule has 2 aromatic heterocycles. The Labute approximate surface area is 124 Å². The van der Waals surface area contributed by atoms with E-state index in [1.54, 1.807) is 10.8 Å². The minimum Gasteiger partial charge on any atom is -0.366 e. The first kappa shape index (κ1) is 13.5. The smallest absolute Gasteiger partial charge is 0.254 e. The predicted molar refractivity (Wildman–Crippen MR) is 83.3 cm³/mol. The van der Waals surface area contributed by atoms with Crippen LogP contribution in [0.1, 0.15) is 30.2 Å². The number of hydrogen-bond acceptors (Lipinski definition) is 4. The van der Waals surface area contributed by atoms with Gasteiger partial charge in [-0.3, -0.25) is 0 Å². The molecule has 0 saturated heterocycles. The van der Waals surface area contributed by atoms with Crippen molar-refractivity contribution in [2.24, 2.45) is 0 Å². The van der Waals surface area contributed by atoms with Gasteiger partial charge in [-0.15, -0.1) is 0 Å². The van der Waals surface area contributed by atoms with E-state index in [4.69, 9.17) is 0 Å². The molecule has 0 aliphatic heterocycles. The van der Waals surface area contributed by atoms with Crippen LogP contribution in [0.5, 0.6) is 0 Å². The van der Waals surface area contributed by atoms with Gasteiger partial charge in [0.1, 0.15) is 12.1 Å². The van der Waals surface area contributed by atoms with Crippen molar-refractivity contribution < 1.29 is 0 Å². The highest BCUT2D eigenvalue weighted by atomic mass is 15.4. The SMILES string of the molecule is CCCc1c(C)nc2ncnn2c1NCc1ccccc1. The summed E-state index contributed by atoms with van der Waals surface area (Å²) in [5.41, 5.74) is 3.47. The highest BCUT2D eigenvalue weighted by Gasteiger charge is 2.13. The predicted octanol–water partition coefficient (Wildman–Crippen LogP) is 3.00. The normalized spacial score (nSPS) is 11.0. The molecule has 1 N–H and O–H groups in total. The van der Waals surface area contributed by atoms with Crippen molar-refractivity contribution in [3.05, 3.63) is 53.5 Å². The van der Waals surface area contributed by atoms with Crippen LogP contribution in [0.15, 0.2) is 36.7 Å². The number of nitrogens with one attached hydrogen (secondary N) is 1. The van der Waals surface area contributed by atoms with E-state index in [0.29, 0.717) is 5.78 Å². The van der Waals surface area contributed by atoms with Crippen molar-refractivity contribution in [1.29, 1.82) is 0 Å². The molecule has 0 unspecified atom stereocenters. The maximum absolute atomic E-state index is 4.52. The van der Waals surface area contributed by atoms with E-state index in [0.717, 1.165) is 30.9 Å². The molecule has 0 amide bonds. The Morgan fingerprint density at radius 1 is 1.19 bits per heavy atom. The zero-order valence-corrected chi connectivity index (χ0v) is 12.4. The van der Waals surface area contributed by atoms with E-state index in [2.05, 4.69) is 39.4 Å². The van der Waals surface area contributed by atoms with Crippen LogP contribution in [0.2, 0.25) is 0 Å². The van der Waals surface area contributed by atoms with E-state index in [9.17, 15) is 0 Å². The molecule has 0 aliphatic rings. The summed E-state index contributed by atoms with van der Waals surface area (Å²) < 4.78 is 1.79. The number of benzene rings is 1. The minimum absolute atomic E-state index is 0.642. The van der Waals surface area contributed by atoms with Crippen LogP contribution < -0.4 is 5.32 Å². The second-order valence-electron chi connectivity index (χ2n) is 5.09. The lowest BCUT2D eigenvalue weighted by atomic mass is 10.1. The summed E-state index contributed by atoms with van der Waals surface area (Å²) in [4.78, 5) is 8.72. The fraction of sp³-hybridized carbons (Fsp3) is 0.312. The maximum Gasteiger partial charge on any atom is 0.254 e. The lowest BCUT2D eigenvalue weighted by Crippen LogP contribution is -2.11. The molecule has 5 heteroatoms. The summed E-state index contributed by atoms with van der Waals surface area (Å²) in [5.74, 6) is 1.64. The molecule has 0 atom stereocenters. The number of aromatic nitrogens is 4. The van der Waals surface area contributed by atoms with Gasteiger partial charge in [-0.25, -0.2) is 4.98 Å². The third-order valence-corrected chi connectivity index (χ3v) is 3.53. The largest absolute Gasteiger partial charge is 0.366 e. The third kappa shape index (κ3) is 2.72. The summed E-state index contributed by atoms with van der Waals surface area (Å²) in [6, 6.07) is 10.3. The highest BCUT2D eigenvalue weighted by Crippen LogP contribution is 2.21. The first-order valence-electron chi connectivity index (χ1n) is 7.26. The summed E-state index contributed by atoms with van der Waals surface area (Å²) in [6.45, 7) is 4.97. The molecule has 3 rings (SSSR count). The molecule has 0 radical (unpaired) electrons. The Bertz CT molecular complexity index is 733. The van der Waals surface area contributed by atoms with Gasteiger partial charge in [-0.2, -0.15) is 14.6 Å². The molecule has 1 aromatic carbocycles. The maximum atomic E-state index is 4.52. The molecule has 5 nitrogen and oxygen atoms in total. The Morgan fingerprint density at radius 3 is 2.76 bits per heavy atom. The average molecular weight is 281 g/mol. The molecule has 3 aromatic rings. The molecule has 21 heavy (non-hydrogen) atoms. The Balaban J connectivity index is 1.98. The second kappa shape index (κ2) is 5.91. The van der Waals surface area contributed by atoms with Crippen LogP contribution in [0.3, 0.4) is 0 Å². The van der Waals surface area contributed by atoms with Crippen LogP contribution in [0.4, 0.5) is 5.82 Å². The lowest BCUT2D eigenvalue weighted by Gasteiger charge is -2.14. The summed E-state index contributed by atoms with van der Waals surface area (Å²) in [6.07, 6.45) is 3.60. The summed E-state index contributed by atoms with van der Waals surface area (Å²) >= 11 is 0. The monoisotopic (exact) mass is 281 g/mol. The van der Waals surface area contributed by atoms with Crippen molar-refractivity contribution in [2.75, 3.05) is 5.32 Å². The van der Waals surface area contributed by atoms with E-state index >= 15 is 0 Å². The van der Waals surface area contributed by atoms with E-state index in [-0.39, 0.29) is 0 Å². The topological polar surface area (TPSA) is 55.1 Å². The summed E-state index contributed by atoms with van der Waals surface area (Å²) in [7, 11) is 0.